The van der Waals surface area contributed by atoms with Crippen molar-refractivity contribution < 1.29 is 9.53 Å². The lowest BCUT2D eigenvalue weighted by Crippen LogP contribution is -2.18. The maximum absolute atomic E-state index is 10.2. The summed E-state index contributed by atoms with van der Waals surface area (Å²) in [6.45, 7) is 0.528. The van der Waals surface area contributed by atoms with E-state index in [2.05, 4.69) is 20.0 Å². The highest BCUT2D eigenvalue weighted by molar-refractivity contribution is 5.64. The monoisotopic (exact) mass is 207 g/mol. The molecule has 3 N–H and O–H groups in total. The van der Waals surface area contributed by atoms with Crippen molar-refractivity contribution in [1.29, 1.82) is 5.26 Å². The second kappa shape index (κ2) is 5.39. The zero-order chi connectivity index (χ0) is 11.1. The molecule has 7 heteroatoms. The molecule has 0 atom stereocenters. The van der Waals surface area contributed by atoms with Crippen LogP contribution in [0.25, 0.3) is 0 Å². The number of ether oxygens (including phenoxy) is 1. The molecular formula is C8H9N5O2. The fourth-order valence-corrected chi connectivity index (χ4v) is 0.808. The van der Waals surface area contributed by atoms with Crippen LogP contribution in [0.5, 0.6) is 0 Å². The van der Waals surface area contributed by atoms with Crippen LogP contribution >= 0.6 is 0 Å². The van der Waals surface area contributed by atoms with Crippen LogP contribution in [-0.4, -0.2) is 29.2 Å². The van der Waals surface area contributed by atoms with Crippen LogP contribution in [0.2, 0.25) is 0 Å². The van der Waals surface area contributed by atoms with Crippen molar-refractivity contribution in [2.45, 2.75) is 0 Å². The molecule has 0 fully saturated rings. The second-order valence-electron chi connectivity index (χ2n) is 2.49. The van der Waals surface area contributed by atoms with Gasteiger partial charge in [0.25, 0.3) is 0 Å². The Morgan fingerprint density at radius 3 is 2.93 bits per heavy atom. The molecule has 0 radical (unpaired) electrons. The van der Waals surface area contributed by atoms with E-state index in [0.717, 1.165) is 0 Å². The van der Waals surface area contributed by atoms with Crippen LogP contribution in [0.1, 0.15) is 5.69 Å². The highest BCUT2D eigenvalue weighted by atomic mass is 16.5. The number of nitrogens with one attached hydrogen (secondary N) is 1. The number of hydrogen-bond donors (Lipinski definition) is 2. The summed E-state index contributed by atoms with van der Waals surface area (Å²) in [6, 6.07) is 1.85. The minimum Gasteiger partial charge on any atom is -0.448 e. The number of carbonyl (C=O) groups is 1. The van der Waals surface area contributed by atoms with Gasteiger partial charge in [-0.3, -0.25) is 0 Å². The predicted octanol–water partition coefficient (Wildman–Crippen LogP) is -0.145. The van der Waals surface area contributed by atoms with E-state index < -0.39 is 6.09 Å². The SMILES string of the molecule is N#Cc1cnc(NCCOC(N)=O)cn1. The van der Waals surface area contributed by atoms with Gasteiger partial charge in [0.15, 0.2) is 5.69 Å². The number of aromatic nitrogens is 2. The van der Waals surface area contributed by atoms with Crippen molar-refractivity contribution in [3.05, 3.63) is 18.1 Å². The maximum Gasteiger partial charge on any atom is 0.404 e. The topological polar surface area (TPSA) is 114 Å². The molecule has 1 amide bonds. The summed E-state index contributed by atoms with van der Waals surface area (Å²) >= 11 is 0. The van der Waals surface area contributed by atoms with Crippen LogP contribution in [-0.2, 0) is 4.74 Å². The highest BCUT2D eigenvalue weighted by Crippen LogP contribution is 1.98. The summed E-state index contributed by atoms with van der Waals surface area (Å²) in [5.74, 6) is 0.502. The van der Waals surface area contributed by atoms with Crippen LogP contribution in [0.15, 0.2) is 12.4 Å². The van der Waals surface area contributed by atoms with Gasteiger partial charge in [-0.15, -0.1) is 0 Å². The van der Waals surface area contributed by atoms with E-state index in [-0.39, 0.29) is 12.3 Å². The molecule has 0 saturated carbocycles. The Hall–Kier alpha value is -2.36. The van der Waals surface area contributed by atoms with Gasteiger partial charge in [-0.1, -0.05) is 0 Å². The third-order valence-corrected chi connectivity index (χ3v) is 1.42. The Morgan fingerprint density at radius 1 is 1.60 bits per heavy atom. The van der Waals surface area contributed by atoms with E-state index >= 15 is 0 Å². The van der Waals surface area contributed by atoms with E-state index in [1.54, 1.807) is 0 Å². The largest absolute Gasteiger partial charge is 0.448 e. The highest BCUT2D eigenvalue weighted by Gasteiger charge is 1.96. The summed E-state index contributed by atoms with van der Waals surface area (Å²) in [6.07, 6.45) is 1.95. The number of anilines is 1. The molecule has 78 valence electrons. The van der Waals surface area contributed by atoms with Gasteiger partial charge in [0.2, 0.25) is 0 Å². The molecule has 0 aromatic carbocycles. The van der Waals surface area contributed by atoms with E-state index in [9.17, 15) is 4.79 Å². The zero-order valence-corrected chi connectivity index (χ0v) is 7.80. The van der Waals surface area contributed by atoms with Crippen LogP contribution < -0.4 is 11.1 Å². The lowest BCUT2D eigenvalue weighted by molar-refractivity contribution is 0.161. The van der Waals surface area contributed by atoms with Crippen molar-refractivity contribution >= 4 is 11.9 Å². The van der Waals surface area contributed by atoms with E-state index in [0.29, 0.717) is 12.4 Å². The fraction of sp³-hybridized carbons (Fsp3) is 0.250. The zero-order valence-electron chi connectivity index (χ0n) is 7.80. The quantitative estimate of drug-likeness (QED) is 0.664. The van der Waals surface area contributed by atoms with E-state index in [1.807, 2.05) is 6.07 Å². The molecule has 0 aliphatic carbocycles. The number of carbonyl (C=O) groups excluding carboxylic acids is 1. The molecule has 0 aliphatic heterocycles. The summed E-state index contributed by atoms with van der Waals surface area (Å²) in [5, 5.41) is 11.3. The molecule has 0 aliphatic rings. The summed E-state index contributed by atoms with van der Waals surface area (Å²) < 4.78 is 4.48. The standard InChI is InChI=1S/C8H9N5O2/c9-3-6-4-13-7(5-12-6)11-1-2-15-8(10)14/h4-5H,1-2H2,(H2,10,14)(H,11,13). The van der Waals surface area contributed by atoms with Crippen molar-refractivity contribution in [2.75, 3.05) is 18.5 Å². The van der Waals surface area contributed by atoms with Gasteiger partial charge >= 0.3 is 6.09 Å². The second-order valence-corrected chi connectivity index (χ2v) is 2.49. The number of nitrogens with two attached hydrogens (primary N) is 1. The third-order valence-electron chi connectivity index (χ3n) is 1.42. The number of nitrogens with zero attached hydrogens (tertiary/aromatic N) is 3. The Morgan fingerprint density at radius 2 is 2.40 bits per heavy atom. The Bertz CT molecular complexity index is 370. The van der Waals surface area contributed by atoms with Gasteiger partial charge in [-0.05, 0) is 0 Å². The first kappa shape index (κ1) is 10.7. The summed E-state index contributed by atoms with van der Waals surface area (Å²) in [4.78, 5) is 17.9. The lowest BCUT2D eigenvalue weighted by Gasteiger charge is -2.04. The first-order valence-corrected chi connectivity index (χ1v) is 4.10. The van der Waals surface area contributed by atoms with Crippen molar-refractivity contribution in [2.24, 2.45) is 5.73 Å². The lowest BCUT2D eigenvalue weighted by atomic mass is 10.5. The average molecular weight is 207 g/mol. The van der Waals surface area contributed by atoms with Gasteiger partial charge in [0.05, 0.1) is 18.9 Å². The van der Waals surface area contributed by atoms with Gasteiger partial charge in [0.1, 0.15) is 18.5 Å². The molecule has 1 heterocycles. The molecule has 1 rings (SSSR count). The Balaban J connectivity index is 2.32. The summed E-state index contributed by atoms with van der Waals surface area (Å²) in [5.41, 5.74) is 5.00. The smallest absolute Gasteiger partial charge is 0.404 e. The molecule has 0 spiro atoms. The molecule has 1 aromatic rings. The van der Waals surface area contributed by atoms with Crippen LogP contribution in [0.3, 0.4) is 0 Å². The molecule has 0 unspecified atom stereocenters. The number of rotatable bonds is 4. The number of amides is 1. The average Bonchev–Trinajstić information content (AvgIpc) is 2.25. The number of hydrogen-bond acceptors (Lipinski definition) is 6. The van der Waals surface area contributed by atoms with Gasteiger partial charge in [-0.2, -0.15) is 5.26 Å². The first-order chi connectivity index (χ1) is 7.22. The normalized spacial score (nSPS) is 9.00. The Kier molecular flexibility index (Phi) is 3.85. The molecule has 7 nitrogen and oxygen atoms in total. The van der Waals surface area contributed by atoms with Crippen LogP contribution in [0, 0.1) is 11.3 Å². The first-order valence-electron chi connectivity index (χ1n) is 4.10. The minimum absolute atomic E-state index is 0.150. The molecule has 15 heavy (non-hydrogen) atoms. The van der Waals surface area contributed by atoms with Crippen molar-refractivity contribution in [3.8, 4) is 6.07 Å². The summed E-state index contributed by atoms with van der Waals surface area (Å²) in [7, 11) is 0. The van der Waals surface area contributed by atoms with Gasteiger partial charge < -0.3 is 15.8 Å². The Labute approximate surface area is 85.9 Å². The number of nitriles is 1. The predicted molar refractivity (Wildman–Crippen MR) is 50.8 cm³/mol. The van der Waals surface area contributed by atoms with E-state index in [1.165, 1.54) is 12.4 Å². The fourth-order valence-electron chi connectivity index (χ4n) is 0.808. The van der Waals surface area contributed by atoms with E-state index in [4.69, 9.17) is 11.0 Å². The maximum atomic E-state index is 10.2. The molecular weight excluding hydrogens is 198 g/mol. The van der Waals surface area contributed by atoms with Gasteiger partial charge in [-0.25, -0.2) is 14.8 Å². The van der Waals surface area contributed by atoms with Gasteiger partial charge in [0, 0.05) is 0 Å². The van der Waals surface area contributed by atoms with Crippen molar-refractivity contribution in [3.63, 3.8) is 0 Å². The van der Waals surface area contributed by atoms with Crippen LogP contribution in [0.4, 0.5) is 10.6 Å². The third kappa shape index (κ3) is 3.91. The molecule has 0 bridgehead atoms. The molecule has 1 aromatic heterocycles. The minimum atomic E-state index is -0.817. The van der Waals surface area contributed by atoms with Crippen molar-refractivity contribution in [1.82, 2.24) is 9.97 Å². The number of primary amides is 1. The molecule has 0 saturated heterocycles.